The fraction of sp³-hybridized carbons (Fsp3) is 0.455. The number of alkyl halides is 3. The predicted octanol–water partition coefficient (Wildman–Crippen LogP) is 0.842. The molecule has 0 saturated heterocycles. The summed E-state index contributed by atoms with van der Waals surface area (Å²) in [6.07, 6.45) is -6.36. The summed E-state index contributed by atoms with van der Waals surface area (Å²) in [4.78, 5) is 0. The van der Waals surface area contributed by atoms with Crippen molar-refractivity contribution in [2.75, 3.05) is 7.11 Å². The Kier molecular flexibility index (Phi) is 5.22. The van der Waals surface area contributed by atoms with E-state index in [1.807, 2.05) is 0 Å². The fourth-order valence-electron chi connectivity index (χ4n) is 1.38. The van der Waals surface area contributed by atoms with Gasteiger partial charge in [-0.25, -0.2) is 0 Å². The van der Waals surface area contributed by atoms with E-state index in [2.05, 4.69) is 0 Å². The van der Waals surface area contributed by atoms with Crippen LogP contribution in [0, 0.1) is 0 Å². The minimum absolute atomic E-state index is 0.152. The first kappa shape index (κ1) is 15.8. The van der Waals surface area contributed by atoms with Crippen molar-refractivity contribution in [2.45, 2.75) is 25.8 Å². The molecular weight excluding hydrogens is 264 g/mol. The second kappa shape index (κ2) is 6.27. The van der Waals surface area contributed by atoms with E-state index in [1.165, 1.54) is 25.3 Å². The van der Waals surface area contributed by atoms with Gasteiger partial charge in [-0.2, -0.15) is 13.2 Å². The lowest BCUT2D eigenvalue weighted by Crippen LogP contribution is -2.31. The Morgan fingerprint density at radius 3 is 2.42 bits per heavy atom. The molecule has 0 heterocycles. The fourth-order valence-corrected chi connectivity index (χ4v) is 1.38. The van der Waals surface area contributed by atoms with E-state index < -0.39 is 19.4 Å². The van der Waals surface area contributed by atoms with Crippen LogP contribution in [0.4, 0.5) is 13.2 Å². The summed E-state index contributed by atoms with van der Waals surface area (Å²) >= 11 is 0. The van der Waals surface area contributed by atoms with E-state index >= 15 is 0 Å². The molecule has 0 saturated carbocycles. The molecular formula is C11H14BF3O4. The SMILES string of the molecule is COc1ccc(B(O)O)cc1COC(C)C(F)(F)F. The zero-order valence-electron chi connectivity index (χ0n) is 10.4. The summed E-state index contributed by atoms with van der Waals surface area (Å²) in [5, 5.41) is 18.0. The maximum atomic E-state index is 12.3. The largest absolute Gasteiger partial charge is 0.496 e. The average Bonchev–Trinajstić information content (AvgIpc) is 2.34. The molecule has 0 aliphatic heterocycles. The third kappa shape index (κ3) is 4.41. The number of ether oxygens (including phenoxy) is 2. The molecule has 1 aromatic rings. The first-order chi connectivity index (χ1) is 8.75. The normalized spacial score (nSPS) is 13.2. The summed E-state index contributed by atoms with van der Waals surface area (Å²) in [7, 11) is -0.342. The third-order valence-electron chi connectivity index (χ3n) is 2.55. The Morgan fingerprint density at radius 2 is 1.95 bits per heavy atom. The Labute approximate surface area is 108 Å². The zero-order valence-corrected chi connectivity index (χ0v) is 10.4. The van der Waals surface area contributed by atoms with Crippen LogP contribution in [0.2, 0.25) is 0 Å². The molecule has 19 heavy (non-hydrogen) atoms. The zero-order chi connectivity index (χ0) is 14.6. The summed E-state index contributed by atoms with van der Waals surface area (Å²) in [6.45, 7) is 0.557. The standard InChI is InChI=1S/C11H14BF3O4/c1-7(11(13,14)15)19-6-8-5-9(12(16)17)3-4-10(8)18-2/h3-5,7,16-17H,6H2,1-2H3. The first-order valence-corrected chi connectivity index (χ1v) is 5.47. The van der Waals surface area contributed by atoms with Crippen LogP contribution in [0.3, 0.4) is 0 Å². The van der Waals surface area contributed by atoms with Crippen molar-refractivity contribution in [3.8, 4) is 5.75 Å². The van der Waals surface area contributed by atoms with Gasteiger partial charge in [0.15, 0.2) is 6.10 Å². The van der Waals surface area contributed by atoms with Gasteiger partial charge in [-0.05, 0) is 18.5 Å². The van der Waals surface area contributed by atoms with Gasteiger partial charge in [-0.3, -0.25) is 0 Å². The summed E-state index contributed by atoms with van der Waals surface area (Å²) in [6, 6.07) is 4.17. The molecule has 0 amide bonds. The molecule has 2 N–H and O–H groups in total. The molecule has 0 spiro atoms. The molecule has 1 unspecified atom stereocenters. The lowest BCUT2D eigenvalue weighted by molar-refractivity contribution is -0.217. The highest BCUT2D eigenvalue weighted by molar-refractivity contribution is 6.58. The lowest BCUT2D eigenvalue weighted by Gasteiger charge is -2.17. The maximum Gasteiger partial charge on any atom is 0.488 e. The molecule has 0 fully saturated rings. The molecule has 106 valence electrons. The van der Waals surface area contributed by atoms with Crippen LogP contribution in [0.1, 0.15) is 12.5 Å². The van der Waals surface area contributed by atoms with Crippen LogP contribution in [-0.4, -0.2) is 36.6 Å². The summed E-state index contributed by atoms with van der Waals surface area (Å²) < 4.78 is 46.6. The molecule has 0 aromatic heterocycles. The quantitative estimate of drug-likeness (QED) is 0.784. The van der Waals surface area contributed by atoms with Gasteiger partial charge in [0.2, 0.25) is 0 Å². The van der Waals surface area contributed by atoms with Crippen LogP contribution in [0.5, 0.6) is 5.75 Å². The second-order valence-electron chi connectivity index (χ2n) is 3.94. The topological polar surface area (TPSA) is 58.9 Å². The van der Waals surface area contributed by atoms with E-state index in [4.69, 9.17) is 19.5 Å². The van der Waals surface area contributed by atoms with E-state index in [9.17, 15) is 13.2 Å². The number of rotatable bonds is 5. The van der Waals surface area contributed by atoms with Crippen LogP contribution in [0.25, 0.3) is 0 Å². The Morgan fingerprint density at radius 1 is 1.32 bits per heavy atom. The van der Waals surface area contributed by atoms with E-state index in [0.29, 0.717) is 11.3 Å². The van der Waals surface area contributed by atoms with Crippen molar-refractivity contribution in [2.24, 2.45) is 0 Å². The smallest absolute Gasteiger partial charge is 0.488 e. The van der Waals surface area contributed by atoms with E-state index in [0.717, 1.165) is 6.92 Å². The van der Waals surface area contributed by atoms with Crippen LogP contribution in [-0.2, 0) is 11.3 Å². The van der Waals surface area contributed by atoms with Gasteiger partial charge in [-0.1, -0.05) is 12.1 Å². The van der Waals surface area contributed by atoms with Crippen molar-refractivity contribution < 1.29 is 32.7 Å². The van der Waals surface area contributed by atoms with Crippen molar-refractivity contribution in [3.63, 3.8) is 0 Å². The number of benzene rings is 1. The van der Waals surface area contributed by atoms with E-state index in [-0.39, 0.29) is 12.1 Å². The van der Waals surface area contributed by atoms with Gasteiger partial charge in [0.1, 0.15) is 5.75 Å². The van der Waals surface area contributed by atoms with Crippen molar-refractivity contribution in [1.82, 2.24) is 0 Å². The van der Waals surface area contributed by atoms with Crippen LogP contribution < -0.4 is 10.2 Å². The molecule has 0 radical (unpaired) electrons. The first-order valence-electron chi connectivity index (χ1n) is 5.47. The van der Waals surface area contributed by atoms with Gasteiger partial charge in [-0.15, -0.1) is 0 Å². The van der Waals surface area contributed by atoms with Gasteiger partial charge in [0.25, 0.3) is 0 Å². The predicted molar refractivity (Wildman–Crippen MR) is 63.1 cm³/mol. The second-order valence-corrected chi connectivity index (χ2v) is 3.94. The Bertz CT molecular complexity index is 423. The average molecular weight is 278 g/mol. The lowest BCUT2D eigenvalue weighted by atomic mass is 9.79. The molecule has 1 rings (SSSR count). The Hall–Kier alpha value is -1.25. The number of methoxy groups -OCH3 is 1. The molecule has 1 atom stereocenters. The van der Waals surface area contributed by atoms with Crippen LogP contribution in [0.15, 0.2) is 18.2 Å². The molecule has 1 aromatic carbocycles. The molecule has 0 aliphatic rings. The summed E-state index contributed by atoms with van der Waals surface area (Å²) in [5.74, 6) is 0.318. The van der Waals surface area contributed by atoms with Crippen molar-refractivity contribution in [3.05, 3.63) is 23.8 Å². The van der Waals surface area contributed by atoms with E-state index in [1.54, 1.807) is 0 Å². The number of hydrogen-bond acceptors (Lipinski definition) is 4. The monoisotopic (exact) mass is 278 g/mol. The molecule has 8 heteroatoms. The van der Waals surface area contributed by atoms with Crippen LogP contribution >= 0.6 is 0 Å². The molecule has 4 nitrogen and oxygen atoms in total. The van der Waals surface area contributed by atoms with Gasteiger partial charge >= 0.3 is 13.3 Å². The molecule has 0 bridgehead atoms. The number of hydrogen-bond donors (Lipinski definition) is 2. The van der Waals surface area contributed by atoms with Gasteiger partial charge in [0.05, 0.1) is 13.7 Å². The minimum atomic E-state index is -4.44. The number of halogens is 3. The van der Waals surface area contributed by atoms with Crippen molar-refractivity contribution in [1.29, 1.82) is 0 Å². The molecule has 0 aliphatic carbocycles. The minimum Gasteiger partial charge on any atom is -0.496 e. The highest BCUT2D eigenvalue weighted by Gasteiger charge is 2.37. The summed E-state index contributed by atoms with van der Waals surface area (Å²) in [5.41, 5.74) is 0.461. The maximum absolute atomic E-state index is 12.3. The van der Waals surface area contributed by atoms with Gasteiger partial charge in [0, 0.05) is 5.56 Å². The van der Waals surface area contributed by atoms with Crippen molar-refractivity contribution >= 4 is 12.6 Å². The highest BCUT2D eigenvalue weighted by atomic mass is 19.4. The van der Waals surface area contributed by atoms with Gasteiger partial charge < -0.3 is 19.5 Å². The third-order valence-corrected chi connectivity index (χ3v) is 2.55. The highest BCUT2D eigenvalue weighted by Crippen LogP contribution is 2.25. The Balaban J connectivity index is 2.84.